The van der Waals surface area contributed by atoms with Gasteiger partial charge in [-0.2, -0.15) is 12.6 Å². The second-order valence-electron chi connectivity index (χ2n) is 8.16. The number of unbranched alkanes of at least 4 members (excludes halogenated alkanes) is 1. The van der Waals surface area contributed by atoms with Crippen molar-refractivity contribution in [2.75, 3.05) is 12.3 Å². The summed E-state index contributed by atoms with van der Waals surface area (Å²) in [6.45, 7) is 3.96. The van der Waals surface area contributed by atoms with E-state index in [1.54, 1.807) is 13.8 Å². The molecule has 12 nitrogen and oxygen atoms in total. The Morgan fingerprint density at radius 3 is 1.82 bits per heavy atom. The molecule has 3 amide bonds. The van der Waals surface area contributed by atoms with Crippen LogP contribution in [0.2, 0.25) is 0 Å². The van der Waals surface area contributed by atoms with Gasteiger partial charge in [0.25, 0.3) is 0 Å². The average Bonchev–Trinajstić information content (AvgIpc) is 2.73. The minimum absolute atomic E-state index is 0.0309. The largest absolute Gasteiger partial charge is 0.481 e. The highest BCUT2D eigenvalue weighted by molar-refractivity contribution is 7.80. The Morgan fingerprint density at radius 2 is 1.36 bits per heavy atom. The molecule has 4 unspecified atom stereocenters. The number of hydrogen-bond acceptors (Lipinski definition) is 8. The second-order valence-corrected chi connectivity index (χ2v) is 8.52. The van der Waals surface area contributed by atoms with E-state index >= 15 is 0 Å². The van der Waals surface area contributed by atoms with Crippen LogP contribution in [-0.2, 0) is 24.0 Å². The topological polar surface area (TPSA) is 214 Å². The lowest BCUT2D eigenvalue weighted by molar-refractivity contribution is -0.143. The average molecular weight is 492 g/mol. The van der Waals surface area contributed by atoms with Gasteiger partial charge < -0.3 is 37.6 Å². The van der Waals surface area contributed by atoms with Crippen molar-refractivity contribution in [2.24, 2.45) is 17.4 Å². The first-order chi connectivity index (χ1) is 15.4. The van der Waals surface area contributed by atoms with Crippen LogP contribution in [0.5, 0.6) is 0 Å². The van der Waals surface area contributed by atoms with Crippen LogP contribution in [0, 0.1) is 5.92 Å². The van der Waals surface area contributed by atoms with Gasteiger partial charge in [0.2, 0.25) is 17.7 Å². The fourth-order valence-corrected chi connectivity index (χ4v) is 3.06. The summed E-state index contributed by atoms with van der Waals surface area (Å²) in [7, 11) is 0. The van der Waals surface area contributed by atoms with Crippen molar-refractivity contribution in [3.05, 3.63) is 0 Å². The molecule has 0 bridgehead atoms. The predicted octanol–water partition coefficient (Wildman–Crippen LogP) is -1.18. The number of amides is 3. The van der Waals surface area contributed by atoms with Crippen LogP contribution in [0.1, 0.15) is 52.4 Å². The van der Waals surface area contributed by atoms with Crippen molar-refractivity contribution in [1.82, 2.24) is 16.0 Å². The molecular formula is C20H37N5O7S. The molecule has 0 aliphatic rings. The van der Waals surface area contributed by atoms with Crippen LogP contribution in [0.15, 0.2) is 0 Å². The Morgan fingerprint density at radius 1 is 0.848 bits per heavy atom. The summed E-state index contributed by atoms with van der Waals surface area (Å²) in [4.78, 5) is 60.3. The minimum Gasteiger partial charge on any atom is -0.481 e. The third-order valence-corrected chi connectivity index (χ3v) is 5.11. The summed E-state index contributed by atoms with van der Waals surface area (Å²) in [5.41, 5.74) is 11.1. The number of rotatable bonds is 17. The van der Waals surface area contributed by atoms with Crippen molar-refractivity contribution in [1.29, 1.82) is 0 Å². The number of carboxylic acids is 2. The van der Waals surface area contributed by atoms with E-state index in [-0.39, 0.29) is 30.9 Å². The summed E-state index contributed by atoms with van der Waals surface area (Å²) < 4.78 is 0. The van der Waals surface area contributed by atoms with Gasteiger partial charge in [-0.1, -0.05) is 13.8 Å². The van der Waals surface area contributed by atoms with Crippen molar-refractivity contribution >= 4 is 42.3 Å². The molecule has 190 valence electrons. The van der Waals surface area contributed by atoms with E-state index in [0.717, 1.165) is 0 Å². The molecule has 0 spiro atoms. The number of thiol groups is 1. The maximum atomic E-state index is 12.9. The highest BCUT2D eigenvalue weighted by Gasteiger charge is 2.30. The zero-order valence-corrected chi connectivity index (χ0v) is 20.0. The number of nitrogens with two attached hydrogens (primary N) is 2. The Kier molecular flexibility index (Phi) is 15.1. The maximum absolute atomic E-state index is 12.9. The molecule has 0 fully saturated rings. The van der Waals surface area contributed by atoms with E-state index in [1.807, 2.05) is 0 Å². The van der Waals surface area contributed by atoms with Crippen molar-refractivity contribution < 1.29 is 34.2 Å². The Balaban J connectivity index is 5.52. The molecule has 0 aliphatic carbocycles. The van der Waals surface area contributed by atoms with Gasteiger partial charge in [-0.15, -0.1) is 0 Å². The van der Waals surface area contributed by atoms with Gasteiger partial charge in [-0.25, -0.2) is 4.79 Å². The van der Waals surface area contributed by atoms with E-state index in [4.69, 9.17) is 16.6 Å². The third-order valence-electron chi connectivity index (χ3n) is 4.71. The standard InChI is InChI=1S/C20H37N5O7S/c1-11(2)9-15(20(31)32)25-19(30)14(6-7-16(26)27)24-18(29)13(5-3-4-8-21)23-17(28)12(22)10-33/h11-15,33H,3-10,21-22H2,1-2H3,(H,23,28)(H,24,29)(H,25,30)(H,26,27)(H,31,32). The van der Waals surface area contributed by atoms with Gasteiger partial charge in [0, 0.05) is 12.2 Å². The molecule has 9 N–H and O–H groups in total. The van der Waals surface area contributed by atoms with Gasteiger partial charge in [-0.05, 0) is 44.6 Å². The number of carbonyl (C=O) groups is 5. The highest BCUT2D eigenvalue weighted by atomic mass is 32.1. The Hall–Kier alpha value is -2.38. The maximum Gasteiger partial charge on any atom is 0.326 e. The number of carbonyl (C=O) groups excluding carboxylic acids is 3. The van der Waals surface area contributed by atoms with Crippen molar-refractivity contribution in [3.63, 3.8) is 0 Å². The Labute approximate surface area is 199 Å². The highest BCUT2D eigenvalue weighted by Crippen LogP contribution is 2.08. The molecule has 0 aromatic heterocycles. The molecule has 13 heteroatoms. The molecule has 0 aromatic rings. The SMILES string of the molecule is CC(C)CC(NC(=O)C(CCC(=O)O)NC(=O)C(CCCCN)NC(=O)C(N)CS)C(=O)O. The second kappa shape index (κ2) is 16.3. The fourth-order valence-electron chi connectivity index (χ4n) is 2.90. The smallest absolute Gasteiger partial charge is 0.326 e. The van der Waals surface area contributed by atoms with Crippen LogP contribution in [0.25, 0.3) is 0 Å². The summed E-state index contributed by atoms with van der Waals surface area (Å²) in [6.07, 6.45) is 0.769. The summed E-state index contributed by atoms with van der Waals surface area (Å²) in [5, 5.41) is 25.7. The van der Waals surface area contributed by atoms with Crippen LogP contribution >= 0.6 is 12.6 Å². The van der Waals surface area contributed by atoms with Crippen LogP contribution < -0.4 is 27.4 Å². The van der Waals surface area contributed by atoms with Crippen molar-refractivity contribution in [2.45, 2.75) is 76.5 Å². The van der Waals surface area contributed by atoms with Gasteiger partial charge in [-0.3, -0.25) is 19.2 Å². The summed E-state index contributed by atoms with van der Waals surface area (Å²) >= 11 is 3.96. The lowest BCUT2D eigenvalue weighted by Gasteiger charge is -2.25. The summed E-state index contributed by atoms with van der Waals surface area (Å²) in [5.74, 6) is -4.55. The van der Waals surface area contributed by atoms with E-state index < -0.39 is 60.2 Å². The molecule has 4 atom stereocenters. The molecule has 0 aromatic carbocycles. The number of carboxylic acid groups (broad SMARTS) is 2. The monoisotopic (exact) mass is 491 g/mol. The molecule has 0 saturated heterocycles. The van der Waals surface area contributed by atoms with Crippen LogP contribution in [0.3, 0.4) is 0 Å². The fraction of sp³-hybridized carbons (Fsp3) is 0.750. The van der Waals surface area contributed by atoms with Crippen molar-refractivity contribution in [3.8, 4) is 0 Å². The number of nitrogens with one attached hydrogen (secondary N) is 3. The zero-order valence-electron chi connectivity index (χ0n) is 19.1. The normalized spacial score (nSPS) is 14.6. The number of aliphatic carboxylic acids is 2. The molecular weight excluding hydrogens is 454 g/mol. The lowest BCUT2D eigenvalue weighted by atomic mass is 10.0. The molecule has 0 radical (unpaired) electrons. The molecule has 0 saturated carbocycles. The van der Waals surface area contributed by atoms with Crippen LogP contribution in [-0.4, -0.2) is 76.3 Å². The first-order valence-corrected chi connectivity index (χ1v) is 11.5. The molecule has 0 rings (SSSR count). The Bertz CT molecular complexity index is 677. The predicted molar refractivity (Wildman–Crippen MR) is 124 cm³/mol. The van der Waals surface area contributed by atoms with Crippen LogP contribution in [0.4, 0.5) is 0 Å². The summed E-state index contributed by atoms with van der Waals surface area (Å²) in [6, 6.07) is -4.50. The molecule has 33 heavy (non-hydrogen) atoms. The van der Waals surface area contributed by atoms with E-state index in [9.17, 15) is 29.1 Å². The zero-order chi connectivity index (χ0) is 25.6. The molecule has 0 aliphatic heterocycles. The van der Waals surface area contributed by atoms with E-state index in [1.165, 1.54) is 0 Å². The van der Waals surface area contributed by atoms with E-state index in [2.05, 4.69) is 28.6 Å². The first kappa shape index (κ1) is 30.6. The van der Waals surface area contributed by atoms with E-state index in [0.29, 0.717) is 19.4 Å². The quantitative estimate of drug-likeness (QED) is 0.0906. The minimum atomic E-state index is -1.31. The number of hydrogen-bond donors (Lipinski definition) is 8. The van der Waals surface area contributed by atoms with Gasteiger partial charge in [0.05, 0.1) is 6.04 Å². The third kappa shape index (κ3) is 13.0. The van der Waals surface area contributed by atoms with Gasteiger partial charge in [0.1, 0.15) is 18.1 Å². The first-order valence-electron chi connectivity index (χ1n) is 10.8. The lowest BCUT2D eigenvalue weighted by Crippen LogP contribution is -2.57. The molecule has 0 heterocycles. The van der Waals surface area contributed by atoms with Gasteiger partial charge in [0.15, 0.2) is 0 Å². The van der Waals surface area contributed by atoms with Gasteiger partial charge >= 0.3 is 11.9 Å².